The Morgan fingerprint density at radius 3 is 2.45 bits per heavy atom. The standard InChI is InChI=1S/C26H28O3/c27-23-21(17-19-9-3-1-4-10-19)14-16-25(23)18-22-13-7-8-15-26(22,28)29-24(25)20-11-5-2-6-12-20/h1-6,9-12,17,22,24,28H,7-8,13-16,18H2/b21-17+/t22-,24-,25-,26+/m0/s1. The molecule has 1 saturated heterocycles. The molecule has 150 valence electrons. The average molecular weight is 389 g/mol. The molecule has 2 aromatic rings. The summed E-state index contributed by atoms with van der Waals surface area (Å²) in [6, 6.07) is 20.1. The van der Waals surface area contributed by atoms with Gasteiger partial charge in [-0.15, -0.1) is 0 Å². The molecule has 1 N–H and O–H groups in total. The smallest absolute Gasteiger partial charge is 0.169 e. The van der Waals surface area contributed by atoms with Gasteiger partial charge in [0.25, 0.3) is 0 Å². The highest BCUT2D eigenvalue weighted by Crippen LogP contribution is 2.60. The number of carbonyl (C=O) groups is 1. The zero-order valence-electron chi connectivity index (χ0n) is 16.7. The van der Waals surface area contributed by atoms with Crippen molar-refractivity contribution >= 4 is 11.9 Å². The van der Waals surface area contributed by atoms with Crippen molar-refractivity contribution in [2.24, 2.45) is 11.3 Å². The normalized spacial score (nSPS) is 35.8. The van der Waals surface area contributed by atoms with E-state index in [-0.39, 0.29) is 11.7 Å². The molecular formula is C26H28O3. The fourth-order valence-electron chi connectivity index (χ4n) is 5.73. The molecule has 1 spiro atoms. The number of allylic oxidation sites excluding steroid dienone is 1. The first-order valence-electron chi connectivity index (χ1n) is 10.9. The molecule has 29 heavy (non-hydrogen) atoms. The maximum atomic E-state index is 13.8. The summed E-state index contributed by atoms with van der Waals surface area (Å²) in [5.41, 5.74) is 2.38. The molecule has 2 saturated carbocycles. The maximum absolute atomic E-state index is 13.8. The van der Waals surface area contributed by atoms with Crippen molar-refractivity contribution in [2.75, 3.05) is 0 Å². The summed E-state index contributed by atoms with van der Waals surface area (Å²) >= 11 is 0. The number of ether oxygens (including phenoxy) is 1. The number of hydrogen-bond donors (Lipinski definition) is 1. The lowest BCUT2D eigenvalue weighted by Crippen LogP contribution is -2.55. The van der Waals surface area contributed by atoms with Gasteiger partial charge in [-0.25, -0.2) is 0 Å². The van der Waals surface area contributed by atoms with Crippen LogP contribution in [0.1, 0.15) is 62.2 Å². The van der Waals surface area contributed by atoms with E-state index in [0.29, 0.717) is 12.8 Å². The summed E-state index contributed by atoms with van der Waals surface area (Å²) in [6.07, 6.45) is 7.61. The van der Waals surface area contributed by atoms with Crippen LogP contribution < -0.4 is 0 Å². The van der Waals surface area contributed by atoms with Crippen molar-refractivity contribution < 1.29 is 14.6 Å². The summed E-state index contributed by atoms with van der Waals surface area (Å²) in [6.45, 7) is 0. The Hall–Kier alpha value is -2.23. The molecular weight excluding hydrogens is 360 g/mol. The van der Waals surface area contributed by atoms with Crippen LogP contribution >= 0.6 is 0 Å². The Labute approximate surface area is 172 Å². The molecule has 5 rings (SSSR count). The number of fused-ring (bicyclic) bond motifs is 1. The second-order valence-electron chi connectivity index (χ2n) is 8.97. The number of aliphatic hydroxyl groups is 1. The molecule has 0 radical (unpaired) electrons. The minimum absolute atomic E-state index is 0.0382. The highest BCUT2D eigenvalue weighted by atomic mass is 16.6. The van der Waals surface area contributed by atoms with Gasteiger partial charge in [-0.3, -0.25) is 4.79 Å². The Bertz CT molecular complexity index is 919. The SMILES string of the molecule is O=C1/C(=C/c2ccccc2)CC[C@]12C[C@@H]1CCCC[C@@]1(O)O[C@H]2c1ccccc1. The monoisotopic (exact) mass is 388 g/mol. The highest BCUT2D eigenvalue weighted by molar-refractivity contribution is 6.06. The Morgan fingerprint density at radius 1 is 0.966 bits per heavy atom. The largest absolute Gasteiger partial charge is 0.365 e. The van der Waals surface area contributed by atoms with Crippen LogP contribution in [0.15, 0.2) is 66.2 Å². The van der Waals surface area contributed by atoms with Gasteiger partial charge in [0.1, 0.15) is 0 Å². The second kappa shape index (κ2) is 7.23. The highest BCUT2D eigenvalue weighted by Gasteiger charge is 2.61. The lowest BCUT2D eigenvalue weighted by molar-refractivity contribution is -0.323. The fourth-order valence-corrected chi connectivity index (χ4v) is 5.73. The number of hydrogen-bond acceptors (Lipinski definition) is 3. The Morgan fingerprint density at radius 2 is 1.69 bits per heavy atom. The first kappa shape index (κ1) is 18.8. The fraction of sp³-hybridized carbons (Fsp3) is 0.423. The Kier molecular flexibility index (Phi) is 4.68. The lowest BCUT2D eigenvalue weighted by Gasteiger charge is -2.53. The molecule has 1 aliphatic heterocycles. The van der Waals surface area contributed by atoms with Crippen molar-refractivity contribution in [3.8, 4) is 0 Å². The van der Waals surface area contributed by atoms with Crippen LogP contribution in [0.2, 0.25) is 0 Å². The van der Waals surface area contributed by atoms with Crippen LogP contribution in [-0.4, -0.2) is 16.7 Å². The van der Waals surface area contributed by atoms with Gasteiger partial charge in [0.2, 0.25) is 0 Å². The van der Waals surface area contributed by atoms with Crippen molar-refractivity contribution in [3.63, 3.8) is 0 Å². The van der Waals surface area contributed by atoms with Crippen molar-refractivity contribution in [2.45, 2.75) is 56.8 Å². The van der Waals surface area contributed by atoms with Crippen LogP contribution in [0.3, 0.4) is 0 Å². The molecule has 3 fully saturated rings. The van der Waals surface area contributed by atoms with Crippen molar-refractivity contribution in [3.05, 3.63) is 77.4 Å². The van der Waals surface area contributed by atoms with Crippen LogP contribution in [0.25, 0.3) is 6.08 Å². The summed E-state index contributed by atoms with van der Waals surface area (Å²) in [7, 11) is 0. The summed E-state index contributed by atoms with van der Waals surface area (Å²) in [4.78, 5) is 13.8. The van der Waals surface area contributed by atoms with Gasteiger partial charge >= 0.3 is 0 Å². The van der Waals surface area contributed by atoms with E-state index in [1.54, 1.807) is 0 Å². The van der Waals surface area contributed by atoms with E-state index in [2.05, 4.69) is 0 Å². The summed E-state index contributed by atoms with van der Waals surface area (Å²) in [5, 5.41) is 11.3. The van der Waals surface area contributed by atoms with Crippen LogP contribution in [-0.2, 0) is 9.53 Å². The molecule has 3 heteroatoms. The van der Waals surface area contributed by atoms with E-state index < -0.39 is 17.3 Å². The van der Waals surface area contributed by atoms with Crippen molar-refractivity contribution in [1.82, 2.24) is 0 Å². The molecule has 3 nitrogen and oxygen atoms in total. The lowest BCUT2D eigenvalue weighted by atomic mass is 9.63. The van der Waals surface area contributed by atoms with Crippen LogP contribution in [0.5, 0.6) is 0 Å². The minimum atomic E-state index is -1.10. The summed E-state index contributed by atoms with van der Waals surface area (Å²) in [5.74, 6) is -0.852. The van der Waals surface area contributed by atoms with Crippen LogP contribution in [0.4, 0.5) is 0 Å². The quantitative estimate of drug-likeness (QED) is 0.695. The molecule has 2 aromatic carbocycles. The van der Waals surface area contributed by atoms with Crippen LogP contribution in [0, 0.1) is 11.3 Å². The first-order chi connectivity index (χ1) is 14.1. The molecule has 1 heterocycles. The molecule has 2 aliphatic carbocycles. The van der Waals surface area contributed by atoms with E-state index >= 15 is 0 Å². The maximum Gasteiger partial charge on any atom is 0.169 e. The zero-order chi connectivity index (χ0) is 19.9. The van der Waals surface area contributed by atoms with Gasteiger partial charge in [0.05, 0.1) is 11.5 Å². The molecule has 4 atom stereocenters. The predicted octanol–water partition coefficient (Wildman–Crippen LogP) is 5.46. The third-order valence-corrected chi connectivity index (χ3v) is 7.24. The van der Waals surface area contributed by atoms with E-state index in [1.165, 1.54) is 0 Å². The van der Waals surface area contributed by atoms with Gasteiger partial charge in [-0.05, 0) is 54.9 Å². The average Bonchev–Trinajstić information content (AvgIpc) is 3.05. The Balaban J connectivity index is 1.55. The van der Waals surface area contributed by atoms with E-state index in [1.807, 2.05) is 66.7 Å². The number of rotatable bonds is 2. The van der Waals surface area contributed by atoms with E-state index in [4.69, 9.17) is 4.74 Å². The topological polar surface area (TPSA) is 46.5 Å². The molecule has 0 unspecified atom stereocenters. The third-order valence-electron chi connectivity index (χ3n) is 7.24. The van der Waals surface area contributed by atoms with E-state index in [9.17, 15) is 9.90 Å². The number of ketones is 1. The third kappa shape index (κ3) is 3.17. The zero-order valence-corrected chi connectivity index (χ0v) is 16.7. The second-order valence-corrected chi connectivity index (χ2v) is 8.97. The number of benzene rings is 2. The van der Waals surface area contributed by atoms with E-state index in [0.717, 1.165) is 48.8 Å². The van der Waals surface area contributed by atoms with Gasteiger partial charge in [-0.2, -0.15) is 0 Å². The van der Waals surface area contributed by atoms with Crippen molar-refractivity contribution in [1.29, 1.82) is 0 Å². The number of carbonyl (C=O) groups excluding carboxylic acids is 1. The molecule has 3 aliphatic rings. The van der Waals surface area contributed by atoms with Gasteiger partial charge in [0, 0.05) is 12.3 Å². The molecule has 0 bridgehead atoms. The number of Topliss-reactive ketones (excluding diaryl/α,β-unsaturated/α-hetero) is 1. The summed E-state index contributed by atoms with van der Waals surface area (Å²) < 4.78 is 6.48. The molecule has 0 amide bonds. The van der Waals surface area contributed by atoms with Gasteiger partial charge < -0.3 is 9.84 Å². The first-order valence-corrected chi connectivity index (χ1v) is 10.9. The van der Waals surface area contributed by atoms with Gasteiger partial charge in [-0.1, -0.05) is 67.1 Å². The van der Waals surface area contributed by atoms with Gasteiger partial charge in [0.15, 0.2) is 11.6 Å². The molecule has 0 aromatic heterocycles. The predicted molar refractivity (Wildman–Crippen MR) is 113 cm³/mol. The minimum Gasteiger partial charge on any atom is -0.365 e.